The number of amides is 2. The van der Waals surface area contributed by atoms with Gasteiger partial charge in [-0.15, -0.1) is 0 Å². The zero-order valence-corrected chi connectivity index (χ0v) is 15.2. The smallest absolute Gasteiger partial charge is 0.409 e. The molecule has 0 spiro atoms. The molecule has 0 bridgehead atoms. The second-order valence-corrected chi connectivity index (χ2v) is 6.35. The van der Waals surface area contributed by atoms with E-state index in [-0.39, 0.29) is 24.6 Å². The Hall–Kier alpha value is -3.03. The molecule has 8 heteroatoms. The first kappa shape index (κ1) is 18.8. The number of fused-ring (bicyclic) bond motifs is 1. The Morgan fingerprint density at radius 1 is 1.19 bits per heavy atom. The van der Waals surface area contributed by atoms with Crippen LogP contribution in [0.1, 0.15) is 30.1 Å². The maximum absolute atomic E-state index is 12.2. The highest BCUT2D eigenvalue weighted by Gasteiger charge is 2.25. The van der Waals surface area contributed by atoms with Gasteiger partial charge in [0.15, 0.2) is 6.61 Å². The van der Waals surface area contributed by atoms with Gasteiger partial charge in [0, 0.05) is 36.2 Å². The second kappa shape index (κ2) is 8.57. The number of ether oxygens (including phenoxy) is 2. The Morgan fingerprint density at radius 3 is 2.67 bits per heavy atom. The summed E-state index contributed by atoms with van der Waals surface area (Å²) >= 11 is 0. The number of piperidine rings is 1. The number of hydrogen-bond acceptors (Lipinski definition) is 5. The van der Waals surface area contributed by atoms with Crippen LogP contribution in [0.5, 0.6) is 0 Å². The molecule has 0 atom stereocenters. The summed E-state index contributed by atoms with van der Waals surface area (Å²) in [6.07, 6.45) is 2.53. The van der Waals surface area contributed by atoms with Gasteiger partial charge in [-0.3, -0.25) is 4.79 Å². The van der Waals surface area contributed by atoms with Crippen molar-refractivity contribution in [3.63, 3.8) is 0 Å². The molecule has 0 saturated carbocycles. The van der Waals surface area contributed by atoms with E-state index in [0.29, 0.717) is 38.1 Å². The highest BCUT2D eigenvalue weighted by atomic mass is 16.6. The van der Waals surface area contributed by atoms with Crippen LogP contribution in [0.2, 0.25) is 0 Å². The van der Waals surface area contributed by atoms with Crippen LogP contribution in [0.3, 0.4) is 0 Å². The molecule has 8 nitrogen and oxygen atoms in total. The lowest BCUT2D eigenvalue weighted by Crippen LogP contribution is -2.47. The van der Waals surface area contributed by atoms with Crippen LogP contribution in [-0.4, -0.2) is 60.2 Å². The summed E-state index contributed by atoms with van der Waals surface area (Å²) in [6.45, 7) is 2.83. The highest BCUT2D eigenvalue weighted by molar-refractivity contribution is 6.04. The van der Waals surface area contributed by atoms with E-state index >= 15 is 0 Å². The van der Waals surface area contributed by atoms with E-state index in [2.05, 4.69) is 10.3 Å². The van der Waals surface area contributed by atoms with Crippen molar-refractivity contribution in [1.29, 1.82) is 0 Å². The summed E-state index contributed by atoms with van der Waals surface area (Å²) in [7, 11) is 0. The fraction of sp³-hybridized carbons (Fsp3) is 0.421. The van der Waals surface area contributed by atoms with Crippen molar-refractivity contribution in [3.8, 4) is 0 Å². The predicted molar refractivity (Wildman–Crippen MR) is 98.3 cm³/mol. The molecule has 2 N–H and O–H groups in total. The van der Waals surface area contributed by atoms with Crippen LogP contribution in [0.15, 0.2) is 30.5 Å². The van der Waals surface area contributed by atoms with Gasteiger partial charge in [0.05, 0.1) is 12.2 Å². The number of aromatic nitrogens is 1. The number of carbonyl (C=O) groups excluding carboxylic acids is 3. The number of hydrogen-bond donors (Lipinski definition) is 2. The first-order chi connectivity index (χ1) is 13.1. The van der Waals surface area contributed by atoms with Crippen molar-refractivity contribution < 1.29 is 23.9 Å². The first-order valence-corrected chi connectivity index (χ1v) is 9.02. The minimum atomic E-state index is -0.542. The fourth-order valence-corrected chi connectivity index (χ4v) is 3.14. The normalized spacial score (nSPS) is 14.8. The summed E-state index contributed by atoms with van der Waals surface area (Å²) in [5.74, 6) is -0.891. The zero-order valence-electron chi connectivity index (χ0n) is 15.2. The summed E-state index contributed by atoms with van der Waals surface area (Å²) in [4.78, 5) is 40.6. The third-order valence-electron chi connectivity index (χ3n) is 4.53. The van der Waals surface area contributed by atoms with Crippen LogP contribution < -0.4 is 5.32 Å². The molecule has 1 aromatic carbocycles. The lowest BCUT2D eigenvalue weighted by Gasteiger charge is -2.31. The molecule has 0 unspecified atom stereocenters. The topological polar surface area (TPSA) is 101 Å². The first-order valence-electron chi connectivity index (χ1n) is 9.02. The number of rotatable bonds is 5. The summed E-state index contributed by atoms with van der Waals surface area (Å²) < 4.78 is 10.1. The van der Waals surface area contributed by atoms with E-state index in [4.69, 9.17) is 9.47 Å². The van der Waals surface area contributed by atoms with E-state index in [9.17, 15) is 14.4 Å². The van der Waals surface area contributed by atoms with Crippen LogP contribution in [-0.2, 0) is 14.3 Å². The van der Waals surface area contributed by atoms with Crippen molar-refractivity contribution in [1.82, 2.24) is 15.2 Å². The van der Waals surface area contributed by atoms with Crippen molar-refractivity contribution in [2.75, 3.05) is 26.3 Å². The Kier molecular flexibility index (Phi) is 5.95. The molecular formula is C19H23N3O5. The molecule has 2 aromatic rings. The molecule has 0 aliphatic carbocycles. The number of likely N-dealkylation sites (tertiary alicyclic amines) is 1. The minimum absolute atomic E-state index is 0.0463. The molecule has 1 aromatic heterocycles. The Balaban J connectivity index is 1.44. The van der Waals surface area contributed by atoms with Crippen molar-refractivity contribution in [2.24, 2.45) is 0 Å². The fourth-order valence-electron chi connectivity index (χ4n) is 3.14. The molecule has 144 valence electrons. The average molecular weight is 373 g/mol. The van der Waals surface area contributed by atoms with Gasteiger partial charge in [0.2, 0.25) is 0 Å². The largest absolute Gasteiger partial charge is 0.452 e. The molecule has 27 heavy (non-hydrogen) atoms. The molecular weight excluding hydrogens is 350 g/mol. The number of para-hydroxylation sites is 1. The molecule has 1 saturated heterocycles. The lowest BCUT2D eigenvalue weighted by molar-refractivity contribution is -0.125. The molecule has 1 aliphatic heterocycles. The number of aromatic amines is 1. The van der Waals surface area contributed by atoms with Gasteiger partial charge in [0.1, 0.15) is 0 Å². The Labute approximate surface area is 156 Å². The van der Waals surface area contributed by atoms with Crippen LogP contribution in [0.25, 0.3) is 10.9 Å². The van der Waals surface area contributed by atoms with E-state index in [0.717, 1.165) is 10.9 Å². The molecule has 2 amide bonds. The number of nitrogens with one attached hydrogen (secondary N) is 2. The van der Waals surface area contributed by atoms with Crippen LogP contribution in [0.4, 0.5) is 4.79 Å². The Bertz CT molecular complexity index is 824. The van der Waals surface area contributed by atoms with E-state index in [1.165, 1.54) is 0 Å². The van der Waals surface area contributed by atoms with Crippen LogP contribution >= 0.6 is 0 Å². The van der Waals surface area contributed by atoms with Crippen molar-refractivity contribution in [3.05, 3.63) is 36.0 Å². The lowest BCUT2D eigenvalue weighted by atomic mass is 10.1. The van der Waals surface area contributed by atoms with Gasteiger partial charge in [-0.25, -0.2) is 9.59 Å². The van der Waals surface area contributed by atoms with Gasteiger partial charge in [-0.1, -0.05) is 18.2 Å². The molecule has 1 aliphatic rings. The maximum Gasteiger partial charge on any atom is 0.409 e. The molecule has 3 rings (SSSR count). The van der Waals surface area contributed by atoms with Gasteiger partial charge >= 0.3 is 12.1 Å². The second-order valence-electron chi connectivity index (χ2n) is 6.35. The number of nitrogens with zero attached hydrogens (tertiary/aromatic N) is 1. The van der Waals surface area contributed by atoms with E-state index in [1.807, 2.05) is 24.3 Å². The van der Waals surface area contributed by atoms with Crippen molar-refractivity contribution in [2.45, 2.75) is 25.8 Å². The van der Waals surface area contributed by atoms with E-state index in [1.54, 1.807) is 18.0 Å². The maximum atomic E-state index is 12.2. The third-order valence-corrected chi connectivity index (χ3v) is 4.53. The summed E-state index contributed by atoms with van der Waals surface area (Å²) in [5.41, 5.74) is 1.24. The Morgan fingerprint density at radius 2 is 1.93 bits per heavy atom. The van der Waals surface area contributed by atoms with Gasteiger partial charge in [-0.05, 0) is 25.8 Å². The van der Waals surface area contributed by atoms with Crippen LogP contribution in [0, 0.1) is 0 Å². The number of H-pyrrole nitrogens is 1. The minimum Gasteiger partial charge on any atom is -0.452 e. The predicted octanol–water partition coefficient (Wildman–Crippen LogP) is 2.06. The highest BCUT2D eigenvalue weighted by Crippen LogP contribution is 2.18. The van der Waals surface area contributed by atoms with Gasteiger partial charge in [0.25, 0.3) is 5.91 Å². The van der Waals surface area contributed by atoms with Crippen molar-refractivity contribution >= 4 is 28.9 Å². The standard InChI is InChI=1S/C19H23N3O5/c1-2-26-19(25)22-9-7-13(8-10-22)21-17(23)12-27-18(24)15-11-20-16-6-4-3-5-14(15)16/h3-6,11,13,20H,2,7-10,12H2,1H3,(H,21,23). The third kappa shape index (κ3) is 4.58. The zero-order chi connectivity index (χ0) is 19.2. The monoisotopic (exact) mass is 373 g/mol. The number of esters is 1. The quantitative estimate of drug-likeness (QED) is 0.782. The van der Waals surface area contributed by atoms with E-state index < -0.39 is 5.97 Å². The van der Waals surface area contributed by atoms with Gasteiger partial charge < -0.3 is 24.7 Å². The molecule has 1 fully saturated rings. The average Bonchev–Trinajstić information content (AvgIpc) is 3.11. The number of carbonyl (C=O) groups is 3. The SMILES string of the molecule is CCOC(=O)N1CCC(NC(=O)COC(=O)c2c[nH]c3ccccc23)CC1. The molecule has 0 radical (unpaired) electrons. The summed E-state index contributed by atoms with van der Waals surface area (Å²) in [5, 5.41) is 3.60. The number of benzene rings is 1. The van der Waals surface area contributed by atoms with Gasteiger partial charge in [-0.2, -0.15) is 0 Å². The molecule has 2 heterocycles. The summed E-state index contributed by atoms with van der Waals surface area (Å²) in [6, 6.07) is 7.34.